The summed E-state index contributed by atoms with van der Waals surface area (Å²) in [4.78, 5) is 20.3. The summed E-state index contributed by atoms with van der Waals surface area (Å²) in [7, 11) is -1.75. The van der Waals surface area contributed by atoms with Gasteiger partial charge in [0.2, 0.25) is 10.0 Å². The molecule has 0 spiro atoms. The number of hydrogen-bond acceptors (Lipinski definition) is 5. The van der Waals surface area contributed by atoms with Crippen LogP contribution in [0.2, 0.25) is 0 Å². The van der Waals surface area contributed by atoms with Crippen molar-refractivity contribution in [1.82, 2.24) is 19.2 Å². The van der Waals surface area contributed by atoms with E-state index in [1.165, 1.54) is 17.8 Å². The molecule has 0 bridgehead atoms. The minimum absolute atomic E-state index is 0.0126. The van der Waals surface area contributed by atoms with Crippen LogP contribution >= 0.6 is 11.3 Å². The zero-order valence-electron chi connectivity index (χ0n) is 17.9. The van der Waals surface area contributed by atoms with E-state index < -0.39 is 10.0 Å². The molecule has 164 valence electrons. The highest BCUT2D eigenvalue weighted by molar-refractivity contribution is 7.89. The van der Waals surface area contributed by atoms with Crippen molar-refractivity contribution in [1.29, 1.82) is 0 Å². The van der Waals surface area contributed by atoms with E-state index in [-0.39, 0.29) is 11.9 Å². The van der Waals surface area contributed by atoms with Crippen LogP contribution in [0.3, 0.4) is 0 Å². The van der Waals surface area contributed by atoms with E-state index in [0.29, 0.717) is 26.2 Å². The number of nitrogens with one attached hydrogen (secondary N) is 1. The highest BCUT2D eigenvalue weighted by Gasteiger charge is 2.29. The van der Waals surface area contributed by atoms with Crippen molar-refractivity contribution in [2.75, 3.05) is 13.1 Å². The lowest BCUT2D eigenvalue weighted by Gasteiger charge is -2.22. The first-order chi connectivity index (χ1) is 14.3. The van der Waals surface area contributed by atoms with Crippen LogP contribution in [0, 0.1) is 13.8 Å². The van der Waals surface area contributed by atoms with Gasteiger partial charge in [0, 0.05) is 31.9 Å². The Kier molecular flexibility index (Phi) is 6.05. The number of aryl methyl sites for hydroxylation is 1. The second-order valence-corrected chi connectivity index (χ2v) is 11.1. The van der Waals surface area contributed by atoms with Gasteiger partial charge < -0.3 is 9.47 Å². The molecule has 7 nitrogen and oxygen atoms in total. The Morgan fingerprint density at radius 2 is 1.80 bits per heavy atom. The van der Waals surface area contributed by atoms with Gasteiger partial charge in [-0.15, -0.1) is 11.3 Å². The van der Waals surface area contributed by atoms with Crippen LogP contribution in [0.4, 0.5) is 0 Å². The summed E-state index contributed by atoms with van der Waals surface area (Å²) in [6, 6.07) is 1.71. The fourth-order valence-electron chi connectivity index (χ4n) is 4.42. The first-order valence-electron chi connectivity index (χ1n) is 10.7. The lowest BCUT2D eigenvalue weighted by Crippen LogP contribution is -2.36. The molecule has 2 aromatic rings. The standard InChI is InChI=1S/C21H30N4O3S2/c1-14-19(21(26)25-11-7-8-12-25)29-20(22-14)17-13-18(15(2)24(17)3)30(27,28)23-16-9-5-4-6-10-16/h13,16,23H,4-12H2,1-3H3. The quantitative estimate of drug-likeness (QED) is 0.754. The highest BCUT2D eigenvalue weighted by Crippen LogP contribution is 2.33. The van der Waals surface area contributed by atoms with Gasteiger partial charge in [-0.25, -0.2) is 18.1 Å². The van der Waals surface area contributed by atoms with E-state index in [2.05, 4.69) is 9.71 Å². The van der Waals surface area contributed by atoms with Gasteiger partial charge in [0.15, 0.2) is 0 Å². The van der Waals surface area contributed by atoms with E-state index in [4.69, 9.17) is 0 Å². The van der Waals surface area contributed by atoms with Gasteiger partial charge in [0.1, 0.15) is 14.8 Å². The Morgan fingerprint density at radius 1 is 1.13 bits per heavy atom. The van der Waals surface area contributed by atoms with E-state index in [1.54, 1.807) is 6.07 Å². The lowest BCUT2D eigenvalue weighted by molar-refractivity contribution is 0.0796. The van der Waals surface area contributed by atoms with Crippen molar-refractivity contribution in [2.24, 2.45) is 7.05 Å². The number of carbonyl (C=O) groups excluding carboxylic acids is 1. The van der Waals surface area contributed by atoms with Gasteiger partial charge in [-0.05, 0) is 45.6 Å². The third-order valence-corrected chi connectivity index (χ3v) is 9.11. The maximum absolute atomic E-state index is 13.1. The molecule has 2 aliphatic rings. The molecule has 2 fully saturated rings. The monoisotopic (exact) mass is 450 g/mol. The molecule has 4 rings (SSSR count). The van der Waals surface area contributed by atoms with Crippen LogP contribution in [0.15, 0.2) is 11.0 Å². The lowest BCUT2D eigenvalue weighted by atomic mass is 9.96. The van der Waals surface area contributed by atoms with E-state index >= 15 is 0 Å². The molecule has 9 heteroatoms. The highest BCUT2D eigenvalue weighted by atomic mass is 32.2. The largest absolute Gasteiger partial charge is 0.345 e. The summed E-state index contributed by atoms with van der Waals surface area (Å²) >= 11 is 1.35. The average Bonchev–Trinajstić information content (AvgIpc) is 3.43. The second-order valence-electron chi connectivity index (χ2n) is 8.43. The molecule has 0 atom stereocenters. The Bertz CT molecular complexity index is 1040. The van der Waals surface area contributed by atoms with Gasteiger partial charge in [-0.3, -0.25) is 4.79 Å². The SMILES string of the molecule is Cc1nc(-c2cc(S(=O)(=O)NC3CCCCC3)c(C)n2C)sc1C(=O)N1CCCC1. The zero-order chi connectivity index (χ0) is 21.5. The molecule has 0 radical (unpaired) electrons. The first kappa shape index (κ1) is 21.5. The van der Waals surface area contributed by atoms with Gasteiger partial charge in [0.05, 0.1) is 11.4 Å². The van der Waals surface area contributed by atoms with Gasteiger partial charge in [0.25, 0.3) is 5.91 Å². The summed E-state index contributed by atoms with van der Waals surface area (Å²) in [5.41, 5.74) is 2.11. The first-order valence-corrected chi connectivity index (χ1v) is 13.0. The molecule has 1 N–H and O–H groups in total. The summed E-state index contributed by atoms with van der Waals surface area (Å²) in [6.45, 7) is 5.26. The van der Waals surface area contributed by atoms with E-state index in [1.807, 2.05) is 30.4 Å². The predicted octanol–water partition coefficient (Wildman–Crippen LogP) is 3.61. The van der Waals surface area contributed by atoms with Gasteiger partial charge in [-0.2, -0.15) is 0 Å². The third-order valence-electron chi connectivity index (χ3n) is 6.31. The van der Waals surface area contributed by atoms with Crippen molar-refractivity contribution < 1.29 is 13.2 Å². The fourth-order valence-corrected chi connectivity index (χ4v) is 7.10. The molecule has 1 aliphatic heterocycles. The number of sulfonamides is 1. The Labute approximate surface area is 182 Å². The fraction of sp³-hybridized carbons (Fsp3) is 0.619. The number of thiazole rings is 1. The molecule has 0 unspecified atom stereocenters. The molecular weight excluding hydrogens is 420 g/mol. The maximum atomic E-state index is 13.1. The number of amides is 1. The molecule has 1 aliphatic carbocycles. The number of nitrogens with zero attached hydrogens (tertiary/aromatic N) is 3. The van der Waals surface area contributed by atoms with Crippen LogP contribution in [0.25, 0.3) is 10.7 Å². The number of hydrogen-bond donors (Lipinski definition) is 1. The van der Waals surface area contributed by atoms with Crippen LogP contribution in [-0.2, 0) is 17.1 Å². The molecule has 0 aromatic carbocycles. The normalized spacial score (nSPS) is 18.3. The summed E-state index contributed by atoms with van der Waals surface area (Å²) in [6.07, 6.45) is 7.19. The summed E-state index contributed by atoms with van der Waals surface area (Å²) in [5, 5.41) is 0.680. The van der Waals surface area contributed by atoms with Gasteiger partial charge >= 0.3 is 0 Å². The molecule has 30 heavy (non-hydrogen) atoms. The summed E-state index contributed by atoms with van der Waals surface area (Å²) in [5.74, 6) is 0.0338. The molecule has 2 aromatic heterocycles. The molecule has 1 amide bonds. The minimum Gasteiger partial charge on any atom is -0.345 e. The molecule has 1 saturated heterocycles. The van der Waals surface area contributed by atoms with Crippen molar-refractivity contribution in [2.45, 2.75) is 69.7 Å². The van der Waals surface area contributed by atoms with Crippen molar-refractivity contribution in [3.8, 4) is 10.7 Å². The van der Waals surface area contributed by atoms with Crippen LogP contribution < -0.4 is 4.72 Å². The Morgan fingerprint density at radius 3 is 2.47 bits per heavy atom. The smallest absolute Gasteiger partial charge is 0.265 e. The van der Waals surface area contributed by atoms with Crippen LogP contribution in [0.5, 0.6) is 0 Å². The van der Waals surface area contributed by atoms with Crippen molar-refractivity contribution >= 4 is 27.3 Å². The average molecular weight is 451 g/mol. The number of carbonyl (C=O) groups is 1. The molecule has 1 saturated carbocycles. The predicted molar refractivity (Wildman–Crippen MR) is 118 cm³/mol. The van der Waals surface area contributed by atoms with Crippen LogP contribution in [0.1, 0.15) is 66.0 Å². The topological polar surface area (TPSA) is 84.3 Å². The van der Waals surface area contributed by atoms with E-state index in [9.17, 15) is 13.2 Å². The minimum atomic E-state index is -3.60. The second kappa shape index (κ2) is 8.43. The summed E-state index contributed by atoms with van der Waals surface area (Å²) < 4.78 is 30.9. The molecular formula is C21H30N4O3S2. The maximum Gasteiger partial charge on any atom is 0.265 e. The zero-order valence-corrected chi connectivity index (χ0v) is 19.5. The van der Waals surface area contributed by atoms with Gasteiger partial charge in [-0.1, -0.05) is 19.3 Å². The van der Waals surface area contributed by atoms with E-state index in [0.717, 1.165) is 57.3 Å². The Hall–Kier alpha value is -1.71. The Balaban J connectivity index is 1.63. The number of likely N-dealkylation sites (tertiary alicyclic amines) is 1. The third kappa shape index (κ3) is 4.07. The number of rotatable bonds is 5. The molecule has 3 heterocycles. The van der Waals surface area contributed by atoms with Crippen molar-refractivity contribution in [3.63, 3.8) is 0 Å². The van der Waals surface area contributed by atoms with Crippen LogP contribution in [-0.4, -0.2) is 47.9 Å². The van der Waals surface area contributed by atoms with Crippen molar-refractivity contribution in [3.05, 3.63) is 22.3 Å². The number of aromatic nitrogens is 2.